The number of nitrogens with zero attached hydrogens (tertiary/aromatic N) is 2. The summed E-state index contributed by atoms with van der Waals surface area (Å²) >= 11 is 0. The molecule has 0 radical (unpaired) electrons. The number of unbranched alkanes of at least 4 members (excludes halogenated alkanes) is 3. The molecule has 0 bridgehead atoms. The number of halogens is 3. The number of alkyl halides is 3. The monoisotopic (exact) mass is 286 g/mol. The van der Waals surface area contributed by atoms with E-state index >= 15 is 0 Å². The van der Waals surface area contributed by atoms with Crippen LogP contribution >= 0.6 is 0 Å². The molecule has 0 spiro atoms. The average Bonchev–Trinajstić information content (AvgIpc) is 2.73. The molecule has 0 saturated heterocycles. The molecule has 3 nitrogen and oxygen atoms in total. The van der Waals surface area contributed by atoms with E-state index in [2.05, 4.69) is 4.98 Å². The van der Waals surface area contributed by atoms with Crippen molar-refractivity contribution in [2.45, 2.75) is 45.3 Å². The number of rotatable bonds is 5. The third-order valence-corrected chi connectivity index (χ3v) is 3.22. The van der Waals surface area contributed by atoms with Crippen molar-refractivity contribution in [3.05, 3.63) is 24.0 Å². The SMILES string of the molecule is CCCCCCn1c(C(F)(F)F)nc2ccc(O)cc21. The first kappa shape index (κ1) is 14.7. The molecule has 6 heteroatoms. The minimum atomic E-state index is -4.49. The largest absolute Gasteiger partial charge is 0.508 e. The van der Waals surface area contributed by atoms with Crippen LogP contribution in [0.3, 0.4) is 0 Å². The van der Waals surface area contributed by atoms with E-state index in [0.29, 0.717) is 11.9 Å². The first-order chi connectivity index (χ1) is 9.43. The highest BCUT2D eigenvalue weighted by molar-refractivity contribution is 5.77. The molecule has 0 aliphatic rings. The molecule has 0 saturated carbocycles. The zero-order valence-electron chi connectivity index (χ0n) is 11.2. The van der Waals surface area contributed by atoms with Crippen LogP contribution in [0.15, 0.2) is 18.2 Å². The molecule has 0 unspecified atom stereocenters. The van der Waals surface area contributed by atoms with E-state index in [-0.39, 0.29) is 17.8 Å². The molecule has 2 aromatic rings. The molecular formula is C14H17F3N2O. The van der Waals surface area contributed by atoms with Crippen LogP contribution in [0.2, 0.25) is 0 Å². The second kappa shape index (κ2) is 5.73. The number of imidazole rings is 1. The minimum absolute atomic E-state index is 0.0547. The topological polar surface area (TPSA) is 38.0 Å². The van der Waals surface area contributed by atoms with Crippen LogP contribution in [0.1, 0.15) is 38.4 Å². The maximum atomic E-state index is 13.0. The number of hydrogen-bond donors (Lipinski definition) is 1. The van der Waals surface area contributed by atoms with Gasteiger partial charge in [-0.25, -0.2) is 4.98 Å². The van der Waals surface area contributed by atoms with Crippen LogP contribution in [0.4, 0.5) is 13.2 Å². The van der Waals surface area contributed by atoms with Crippen molar-refractivity contribution in [3.63, 3.8) is 0 Å². The standard InChI is InChI=1S/C14H17F3N2O/c1-2-3-4-5-8-19-12-9-10(20)6-7-11(12)18-13(19)14(15,16)17/h6-7,9,20H,2-5,8H2,1H3. The average molecular weight is 286 g/mol. The quantitative estimate of drug-likeness (QED) is 0.830. The fraction of sp³-hybridized carbons (Fsp3) is 0.500. The van der Waals surface area contributed by atoms with Crippen LogP contribution in [0.5, 0.6) is 5.75 Å². The van der Waals surface area contributed by atoms with Gasteiger partial charge in [0.25, 0.3) is 0 Å². The van der Waals surface area contributed by atoms with E-state index < -0.39 is 12.0 Å². The Hall–Kier alpha value is -1.72. The van der Waals surface area contributed by atoms with Gasteiger partial charge in [-0.3, -0.25) is 0 Å². The zero-order valence-corrected chi connectivity index (χ0v) is 11.2. The van der Waals surface area contributed by atoms with Crippen molar-refractivity contribution < 1.29 is 18.3 Å². The molecule has 2 rings (SSSR count). The molecule has 20 heavy (non-hydrogen) atoms. The number of aromatic hydroxyl groups is 1. The van der Waals surface area contributed by atoms with Crippen LogP contribution in [0, 0.1) is 0 Å². The Labute approximate surface area is 115 Å². The maximum Gasteiger partial charge on any atom is 0.449 e. The van der Waals surface area contributed by atoms with Gasteiger partial charge < -0.3 is 9.67 Å². The Kier molecular flexibility index (Phi) is 4.20. The fourth-order valence-corrected chi connectivity index (χ4v) is 2.25. The summed E-state index contributed by atoms with van der Waals surface area (Å²) in [4.78, 5) is 3.65. The summed E-state index contributed by atoms with van der Waals surface area (Å²) < 4.78 is 40.2. The van der Waals surface area contributed by atoms with Gasteiger partial charge in [0, 0.05) is 12.6 Å². The summed E-state index contributed by atoms with van der Waals surface area (Å²) in [5.74, 6) is -0.949. The number of phenols is 1. The summed E-state index contributed by atoms with van der Waals surface area (Å²) in [5.41, 5.74) is 0.583. The number of phenolic OH excluding ortho intramolecular Hbond substituents is 1. The van der Waals surface area contributed by atoms with Crippen molar-refractivity contribution in [1.29, 1.82) is 0 Å². The molecule has 0 aliphatic carbocycles. The Balaban J connectivity index is 2.38. The zero-order chi connectivity index (χ0) is 14.8. The third kappa shape index (κ3) is 3.05. The number of benzene rings is 1. The van der Waals surface area contributed by atoms with Gasteiger partial charge >= 0.3 is 6.18 Å². The van der Waals surface area contributed by atoms with Gasteiger partial charge in [-0.1, -0.05) is 26.2 Å². The van der Waals surface area contributed by atoms with Crippen LogP contribution in [-0.4, -0.2) is 14.7 Å². The van der Waals surface area contributed by atoms with E-state index in [1.165, 1.54) is 18.2 Å². The molecule has 0 fully saturated rings. The predicted molar refractivity (Wildman–Crippen MR) is 70.5 cm³/mol. The highest BCUT2D eigenvalue weighted by Crippen LogP contribution is 2.32. The van der Waals surface area contributed by atoms with Gasteiger partial charge in [0.05, 0.1) is 11.0 Å². The molecule has 0 atom stereocenters. The van der Waals surface area contributed by atoms with E-state index in [1.807, 2.05) is 6.92 Å². The lowest BCUT2D eigenvalue weighted by atomic mass is 10.2. The van der Waals surface area contributed by atoms with Gasteiger partial charge in [-0.05, 0) is 18.6 Å². The maximum absolute atomic E-state index is 13.0. The van der Waals surface area contributed by atoms with Gasteiger partial charge in [-0.2, -0.15) is 13.2 Å². The van der Waals surface area contributed by atoms with Gasteiger partial charge in [0.2, 0.25) is 5.82 Å². The smallest absolute Gasteiger partial charge is 0.449 e. The van der Waals surface area contributed by atoms with E-state index in [4.69, 9.17) is 0 Å². The van der Waals surface area contributed by atoms with Crippen LogP contribution < -0.4 is 0 Å². The van der Waals surface area contributed by atoms with Gasteiger partial charge in [0.1, 0.15) is 5.75 Å². The van der Waals surface area contributed by atoms with Crippen LogP contribution in [0.25, 0.3) is 11.0 Å². The minimum Gasteiger partial charge on any atom is -0.508 e. The lowest BCUT2D eigenvalue weighted by molar-refractivity contribution is -0.147. The first-order valence-corrected chi connectivity index (χ1v) is 6.70. The molecule has 1 aromatic heterocycles. The number of fused-ring (bicyclic) bond motifs is 1. The van der Waals surface area contributed by atoms with Crippen molar-refractivity contribution in [1.82, 2.24) is 9.55 Å². The molecule has 1 aromatic carbocycles. The third-order valence-electron chi connectivity index (χ3n) is 3.22. The van der Waals surface area contributed by atoms with E-state index in [1.54, 1.807) is 0 Å². The Morgan fingerprint density at radius 1 is 1.20 bits per heavy atom. The summed E-state index contributed by atoms with van der Waals surface area (Å²) in [6.07, 6.45) is -0.916. The predicted octanol–water partition coefficient (Wildman–Crippen LogP) is 4.34. The number of hydrogen-bond acceptors (Lipinski definition) is 2. The fourth-order valence-electron chi connectivity index (χ4n) is 2.25. The van der Waals surface area contributed by atoms with Gasteiger partial charge in [-0.15, -0.1) is 0 Å². The molecule has 1 N–H and O–H groups in total. The number of aromatic nitrogens is 2. The summed E-state index contributed by atoms with van der Waals surface area (Å²) in [5, 5.41) is 9.45. The molecule has 1 heterocycles. The van der Waals surface area contributed by atoms with E-state index in [0.717, 1.165) is 23.8 Å². The summed E-state index contributed by atoms with van der Waals surface area (Å²) in [7, 11) is 0. The summed E-state index contributed by atoms with van der Waals surface area (Å²) in [6, 6.07) is 4.08. The van der Waals surface area contributed by atoms with Crippen molar-refractivity contribution in [2.24, 2.45) is 0 Å². The second-order valence-corrected chi connectivity index (χ2v) is 4.82. The van der Waals surface area contributed by atoms with Gasteiger partial charge in [0.15, 0.2) is 0 Å². The van der Waals surface area contributed by atoms with Crippen LogP contribution in [-0.2, 0) is 12.7 Å². The van der Waals surface area contributed by atoms with Crippen molar-refractivity contribution in [3.8, 4) is 5.75 Å². The Morgan fingerprint density at radius 3 is 2.60 bits per heavy atom. The Morgan fingerprint density at radius 2 is 1.95 bits per heavy atom. The number of aryl methyl sites for hydroxylation is 1. The van der Waals surface area contributed by atoms with E-state index in [9.17, 15) is 18.3 Å². The lowest BCUT2D eigenvalue weighted by Gasteiger charge is -2.11. The lowest BCUT2D eigenvalue weighted by Crippen LogP contribution is -2.15. The highest BCUT2D eigenvalue weighted by atomic mass is 19.4. The molecule has 110 valence electrons. The summed E-state index contributed by atoms with van der Waals surface area (Å²) in [6.45, 7) is 2.31. The normalized spacial score (nSPS) is 12.2. The Bertz CT molecular complexity index is 590. The van der Waals surface area contributed by atoms with Crippen molar-refractivity contribution in [2.75, 3.05) is 0 Å². The molecule has 0 aliphatic heterocycles. The highest BCUT2D eigenvalue weighted by Gasteiger charge is 2.37. The second-order valence-electron chi connectivity index (χ2n) is 4.82. The molecular weight excluding hydrogens is 269 g/mol. The van der Waals surface area contributed by atoms with Crippen molar-refractivity contribution >= 4 is 11.0 Å². The first-order valence-electron chi connectivity index (χ1n) is 6.70. The molecule has 0 amide bonds.